The van der Waals surface area contributed by atoms with Crippen LogP contribution in [0.1, 0.15) is 26.3 Å². The summed E-state index contributed by atoms with van der Waals surface area (Å²) in [4.78, 5) is 45.5. The number of carbonyl (C=O) groups is 3. The van der Waals surface area contributed by atoms with Gasteiger partial charge in [0.1, 0.15) is 0 Å². The molecule has 0 aliphatic heterocycles. The van der Waals surface area contributed by atoms with Gasteiger partial charge in [-0.25, -0.2) is 4.98 Å². The van der Waals surface area contributed by atoms with E-state index in [4.69, 9.17) is 11.6 Å². The van der Waals surface area contributed by atoms with Gasteiger partial charge in [0.05, 0.1) is 11.1 Å². The third kappa shape index (κ3) is 3.89. The molecule has 1 aromatic carbocycles. The van der Waals surface area contributed by atoms with E-state index in [0.717, 1.165) is 5.56 Å². The minimum Gasteiger partial charge on any atom is -0.358 e. The summed E-state index contributed by atoms with van der Waals surface area (Å²) in [6.07, 6.45) is 3.03. The number of aromatic nitrogens is 2. The average molecular weight is 399 g/mol. The molecule has 0 bridgehead atoms. The van der Waals surface area contributed by atoms with Crippen molar-refractivity contribution in [2.45, 2.75) is 6.92 Å². The summed E-state index contributed by atoms with van der Waals surface area (Å²) in [7, 11) is 1.52. The molecular weight excluding hydrogens is 380 g/mol. The molecule has 2 heterocycles. The first-order valence-electron chi connectivity index (χ1n) is 8.65. The summed E-state index contributed by atoms with van der Waals surface area (Å²) < 4.78 is 0. The second-order valence-electron chi connectivity index (χ2n) is 6.36. The van der Waals surface area contributed by atoms with Crippen molar-refractivity contribution in [3.8, 4) is 0 Å². The summed E-state index contributed by atoms with van der Waals surface area (Å²) in [5, 5.41) is 3.56. The number of benzene rings is 1. The first-order valence-corrected chi connectivity index (χ1v) is 9.03. The number of nitrogens with one attached hydrogen (secondary N) is 2. The molecule has 0 radical (unpaired) electrons. The van der Waals surface area contributed by atoms with Crippen molar-refractivity contribution < 1.29 is 14.4 Å². The van der Waals surface area contributed by atoms with E-state index in [1.54, 1.807) is 37.4 Å². The topological polar surface area (TPSA) is 95.2 Å². The van der Waals surface area contributed by atoms with Crippen LogP contribution in [0.3, 0.4) is 0 Å². The molecule has 0 fully saturated rings. The first kappa shape index (κ1) is 19.6. The number of carbonyl (C=O) groups excluding carboxylic acids is 3. The lowest BCUT2D eigenvalue weighted by Crippen LogP contribution is -2.39. The number of Topliss-reactive ketones (excluding diaryl/α,β-unsaturated/α-hetero) is 1. The number of ketones is 1. The van der Waals surface area contributed by atoms with Gasteiger partial charge in [-0.05, 0) is 24.6 Å². The molecule has 0 spiro atoms. The van der Waals surface area contributed by atoms with Gasteiger partial charge in [0.25, 0.3) is 17.6 Å². The fourth-order valence-corrected chi connectivity index (χ4v) is 3.07. The smallest absolute Gasteiger partial charge is 0.294 e. The molecule has 0 saturated heterocycles. The molecule has 0 unspecified atom stereocenters. The molecule has 0 aliphatic rings. The second-order valence-corrected chi connectivity index (χ2v) is 6.72. The lowest BCUT2D eigenvalue weighted by molar-refractivity contribution is -0.125. The van der Waals surface area contributed by atoms with Gasteiger partial charge < -0.3 is 15.2 Å². The third-order valence-corrected chi connectivity index (χ3v) is 4.69. The summed E-state index contributed by atoms with van der Waals surface area (Å²) in [5.41, 5.74) is 2.06. The molecule has 7 nitrogen and oxygen atoms in total. The van der Waals surface area contributed by atoms with Gasteiger partial charge in [0, 0.05) is 43.5 Å². The Labute approximate surface area is 166 Å². The lowest BCUT2D eigenvalue weighted by Gasteiger charge is -2.16. The maximum atomic E-state index is 12.7. The van der Waals surface area contributed by atoms with Gasteiger partial charge >= 0.3 is 0 Å². The van der Waals surface area contributed by atoms with Crippen molar-refractivity contribution in [1.29, 1.82) is 0 Å². The predicted octanol–water partition coefficient (Wildman–Crippen LogP) is 2.60. The number of aromatic amines is 1. The number of rotatable bonds is 6. The molecule has 28 heavy (non-hydrogen) atoms. The van der Waals surface area contributed by atoms with Crippen molar-refractivity contribution >= 4 is 40.1 Å². The first-order chi connectivity index (χ1) is 13.4. The van der Waals surface area contributed by atoms with E-state index in [2.05, 4.69) is 15.3 Å². The molecule has 8 heteroatoms. The third-order valence-electron chi connectivity index (χ3n) is 4.41. The fraction of sp³-hybridized carbons (Fsp3) is 0.200. The highest BCUT2D eigenvalue weighted by Crippen LogP contribution is 2.27. The van der Waals surface area contributed by atoms with Crippen LogP contribution in [0.15, 0.2) is 42.7 Å². The number of H-pyrrole nitrogens is 1. The van der Waals surface area contributed by atoms with Crippen LogP contribution in [-0.2, 0) is 4.79 Å². The van der Waals surface area contributed by atoms with Crippen molar-refractivity contribution in [3.05, 3.63) is 64.6 Å². The van der Waals surface area contributed by atoms with Gasteiger partial charge in [-0.1, -0.05) is 29.8 Å². The second kappa shape index (κ2) is 8.22. The van der Waals surface area contributed by atoms with E-state index < -0.39 is 11.7 Å². The number of amides is 2. The Morgan fingerprint density at radius 1 is 1.21 bits per heavy atom. The molecular formula is C20H19ClN4O3. The molecule has 2 amide bonds. The van der Waals surface area contributed by atoms with Crippen LogP contribution in [0.2, 0.25) is 5.15 Å². The van der Waals surface area contributed by atoms with Crippen LogP contribution in [0.4, 0.5) is 0 Å². The van der Waals surface area contributed by atoms with Crippen LogP contribution in [0.25, 0.3) is 10.9 Å². The van der Waals surface area contributed by atoms with E-state index in [0.29, 0.717) is 16.5 Å². The highest BCUT2D eigenvalue weighted by molar-refractivity contribution is 6.45. The molecule has 0 atom stereocenters. The number of nitrogens with zero attached hydrogens (tertiary/aromatic N) is 2. The summed E-state index contributed by atoms with van der Waals surface area (Å²) in [6.45, 7) is 2.22. The van der Waals surface area contributed by atoms with Gasteiger partial charge in [-0.2, -0.15) is 0 Å². The van der Waals surface area contributed by atoms with Gasteiger partial charge in [-0.15, -0.1) is 0 Å². The number of pyridine rings is 1. The van der Waals surface area contributed by atoms with Crippen molar-refractivity contribution in [1.82, 2.24) is 20.2 Å². The summed E-state index contributed by atoms with van der Waals surface area (Å²) in [5.74, 6) is -1.54. The van der Waals surface area contributed by atoms with E-state index in [1.165, 1.54) is 18.1 Å². The Morgan fingerprint density at radius 3 is 2.64 bits per heavy atom. The minimum atomic E-state index is -0.665. The highest BCUT2D eigenvalue weighted by atomic mass is 35.5. The largest absolute Gasteiger partial charge is 0.358 e. The highest BCUT2D eigenvalue weighted by Gasteiger charge is 2.25. The van der Waals surface area contributed by atoms with Crippen LogP contribution in [-0.4, -0.2) is 52.6 Å². The quantitative estimate of drug-likeness (QED) is 0.379. The van der Waals surface area contributed by atoms with Gasteiger partial charge in [0.15, 0.2) is 5.15 Å². The van der Waals surface area contributed by atoms with Crippen LogP contribution < -0.4 is 5.32 Å². The molecule has 3 aromatic rings. The molecule has 0 aliphatic carbocycles. The average Bonchev–Trinajstić information content (AvgIpc) is 3.16. The zero-order chi connectivity index (χ0) is 20.3. The SMILES string of the molecule is Cc1cnc(Cl)c2[nH]cc(C(=O)C(=O)N(C)CCNC(=O)c3ccccc3)c12. The van der Waals surface area contributed by atoms with E-state index in [-0.39, 0.29) is 29.7 Å². The maximum Gasteiger partial charge on any atom is 0.294 e. The van der Waals surface area contributed by atoms with Crippen molar-refractivity contribution in [2.24, 2.45) is 0 Å². The molecule has 2 aromatic heterocycles. The van der Waals surface area contributed by atoms with Crippen LogP contribution in [0.5, 0.6) is 0 Å². The van der Waals surface area contributed by atoms with Gasteiger partial charge in [0.2, 0.25) is 0 Å². The number of hydrogen-bond donors (Lipinski definition) is 2. The molecule has 3 rings (SSSR count). The number of likely N-dealkylation sites (N-methyl/N-ethyl adjacent to an activating group) is 1. The number of halogens is 1. The number of hydrogen-bond acceptors (Lipinski definition) is 4. The zero-order valence-electron chi connectivity index (χ0n) is 15.5. The number of aryl methyl sites for hydroxylation is 1. The van der Waals surface area contributed by atoms with Crippen LogP contribution in [0, 0.1) is 6.92 Å². The standard InChI is InChI=1S/C20H19ClN4O3/c1-12-10-24-18(21)16-15(12)14(11-23-16)17(26)20(28)25(2)9-8-22-19(27)13-6-4-3-5-7-13/h3-7,10-11,23H,8-9H2,1-2H3,(H,22,27). The van der Waals surface area contributed by atoms with Crippen molar-refractivity contribution in [3.63, 3.8) is 0 Å². The summed E-state index contributed by atoms with van der Waals surface area (Å²) in [6, 6.07) is 8.77. The number of fused-ring (bicyclic) bond motifs is 1. The zero-order valence-corrected chi connectivity index (χ0v) is 16.2. The normalized spacial score (nSPS) is 10.7. The predicted molar refractivity (Wildman–Crippen MR) is 107 cm³/mol. The Balaban J connectivity index is 1.64. The van der Waals surface area contributed by atoms with E-state index >= 15 is 0 Å². The Bertz CT molecular complexity index is 1050. The molecule has 0 saturated carbocycles. The van der Waals surface area contributed by atoms with E-state index in [1.807, 2.05) is 6.07 Å². The lowest BCUT2D eigenvalue weighted by atomic mass is 10.1. The van der Waals surface area contributed by atoms with Gasteiger partial charge in [-0.3, -0.25) is 14.4 Å². The van der Waals surface area contributed by atoms with Crippen LogP contribution >= 0.6 is 11.6 Å². The fourth-order valence-electron chi connectivity index (χ4n) is 2.88. The molecule has 144 valence electrons. The Kier molecular flexibility index (Phi) is 5.75. The Hall–Kier alpha value is -3.19. The van der Waals surface area contributed by atoms with Crippen molar-refractivity contribution in [2.75, 3.05) is 20.1 Å². The summed E-state index contributed by atoms with van der Waals surface area (Å²) >= 11 is 6.05. The minimum absolute atomic E-state index is 0.201. The van der Waals surface area contributed by atoms with E-state index in [9.17, 15) is 14.4 Å². The molecule has 2 N–H and O–H groups in total. The maximum absolute atomic E-state index is 12.7. The monoisotopic (exact) mass is 398 g/mol. The Morgan fingerprint density at radius 2 is 1.93 bits per heavy atom.